The standard InChI is InChI=1S/C23H18N4O/c1-14-21(17-6-2-3-7-18(17)24-14)23(28)25-16-12-10-15(11-13-16)22-26-19-8-4-5-9-20(19)27-22/h2-13,24H,1H3,(H,25,28)(H,26,27). The molecule has 0 spiro atoms. The van der Waals surface area contributed by atoms with Crippen LogP contribution in [0.15, 0.2) is 72.8 Å². The number of hydrogen-bond acceptors (Lipinski definition) is 2. The van der Waals surface area contributed by atoms with E-state index in [1.165, 1.54) is 0 Å². The van der Waals surface area contributed by atoms with Crippen molar-refractivity contribution in [2.45, 2.75) is 6.92 Å². The van der Waals surface area contributed by atoms with Crippen LogP contribution in [0.4, 0.5) is 5.69 Å². The van der Waals surface area contributed by atoms with Crippen molar-refractivity contribution in [3.8, 4) is 11.4 Å². The highest BCUT2D eigenvalue weighted by Gasteiger charge is 2.16. The summed E-state index contributed by atoms with van der Waals surface area (Å²) in [6.07, 6.45) is 0. The number of para-hydroxylation sites is 3. The lowest BCUT2D eigenvalue weighted by Crippen LogP contribution is -2.12. The number of H-pyrrole nitrogens is 2. The van der Waals surface area contributed by atoms with E-state index in [0.29, 0.717) is 5.56 Å². The Labute approximate surface area is 161 Å². The van der Waals surface area contributed by atoms with Crippen molar-refractivity contribution in [3.63, 3.8) is 0 Å². The number of nitrogens with zero attached hydrogens (tertiary/aromatic N) is 1. The second-order valence-corrected chi connectivity index (χ2v) is 6.80. The molecular formula is C23H18N4O. The molecule has 0 aliphatic carbocycles. The molecule has 5 heteroatoms. The van der Waals surface area contributed by atoms with Crippen LogP contribution < -0.4 is 5.32 Å². The Hall–Kier alpha value is -3.86. The first-order valence-electron chi connectivity index (χ1n) is 9.13. The first-order chi connectivity index (χ1) is 13.7. The van der Waals surface area contributed by atoms with E-state index in [4.69, 9.17) is 0 Å². The minimum absolute atomic E-state index is 0.119. The van der Waals surface area contributed by atoms with Gasteiger partial charge in [-0.2, -0.15) is 0 Å². The minimum Gasteiger partial charge on any atom is -0.358 e. The predicted molar refractivity (Wildman–Crippen MR) is 113 cm³/mol. The van der Waals surface area contributed by atoms with E-state index < -0.39 is 0 Å². The first-order valence-corrected chi connectivity index (χ1v) is 9.13. The Balaban J connectivity index is 1.41. The van der Waals surface area contributed by atoms with Gasteiger partial charge in [0.25, 0.3) is 5.91 Å². The molecule has 0 saturated heterocycles. The fourth-order valence-corrected chi connectivity index (χ4v) is 3.56. The average molecular weight is 366 g/mol. The van der Waals surface area contributed by atoms with E-state index in [0.717, 1.165) is 44.7 Å². The molecule has 3 N–H and O–H groups in total. The fourth-order valence-electron chi connectivity index (χ4n) is 3.56. The molecule has 1 amide bonds. The maximum absolute atomic E-state index is 12.8. The molecule has 5 rings (SSSR count). The van der Waals surface area contributed by atoms with Crippen molar-refractivity contribution >= 4 is 33.5 Å². The number of aromatic nitrogens is 3. The molecule has 2 aromatic heterocycles. The van der Waals surface area contributed by atoms with Gasteiger partial charge in [0.05, 0.1) is 16.6 Å². The van der Waals surface area contributed by atoms with E-state index >= 15 is 0 Å². The number of amides is 1. The molecule has 2 heterocycles. The molecule has 28 heavy (non-hydrogen) atoms. The summed E-state index contributed by atoms with van der Waals surface area (Å²) >= 11 is 0. The molecule has 0 bridgehead atoms. The third-order valence-electron chi connectivity index (χ3n) is 4.93. The zero-order valence-electron chi connectivity index (χ0n) is 15.3. The van der Waals surface area contributed by atoms with E-state index in [9.17, 15) is 4.79 Å². The molecule has 0 radical (unpaired) electrons. The highest BCUT2D eigenvalue weighted by Crippen LogP contribution is 2.25. The quantitative estimate of drug-likeness (QED) is 0.407. The lowest BCUT2D eigenvalue weighted by molar-refractivity contribution is 0.102. The van der Waals surface area contributed by atoms with Crippen LogP contribution in [0.1, 0.15) is 16.1 Å². The molecule has 136 valence electrons. The molecule has 0 aliphatic rings. The van der Waals surface area contributed by atoms with Crippen LogP contribution in [0, 0.1) is 6.92 Å². The summed E-state index contributed by atoms with van der Waals surface area (Å²) < 4.78 is 0. The molecular weight excluding hydrogens is 348 g/mol. The Kier molecular flexibility index (Phi) is 3.72. The third-order valence-corrected chi connectivity index (χ3v) is 4.93. The second-order valence-electron chi connectivity index (χ2n) is 6.80. The van der Waals surface area contributed by atoms with Crippen LogP contribution in [0.5, 0.6) is 0 Å². The largest absolute Gasteiger partial charge is 0.358 e. The van der Waals surface area contributed by atoms with Gasteiger partial charge in [-0.1, -0.05) is 30.3 Å². The summed E-state index contributed by atoms with van der Waals surface area (Å²) in [6, 6.07) is 23.5. The van der Waals surface area contributed by atoms with Crippen molar-refractivity contribution in [2.24, 2.45) is 0 Å². The highest BCUT2D eigenvalue weighted by atomic mass is 16.1. The van der Waals surface area contributed by atoms with Gasteiger partial charge < -0.3 is 15.3 Å². The summed E-state index contributed by atoms with van der Waals surface area (Å²) in [6.45, 7) is 1.92. The zero-order valence-corrected chi connectivity index (χ0v) is 15.3. The molecule has 0 saturated carbocycles. The van der Waals surface area contributed by atoms with Gasteiger partial charge in [0.15, 0.2) is 0 Å². The number of hydrogen-bond donors (Lipinski definition) is 3. The molecule has 0 atom stereocenters. The predicted octanol–water partition coefficient (Wildman–Crippen LogP) is 5.27. The summed E-state index contributed by atoms with van der Waals surface area (Å²) in [5, 5.41) is 3.92. The van der Waals surface area contributed by atoms with E-state index in [1.54, 1.807) is 0 Å². The molecule has 0 aliphatic heterocycles. The van der Waals surface area contributed by atoms with Crippen LogP contribution >= 0.6 is 0 Å². The monoisotopic (exact) mass is 366 g/mol. The Morgan fingerprint density at radius 3 is 2.36 bits per heavy atom. The third kappa shape index (κ3) is 2.74. The normalized spacial score (nSPS) is 11.2. The maximum Gasteiger partial charge on any atom is 0.258 e. The van der Waals surface area contributed by atoms with Crippen LogP contribution in [0.25, 0.3) is 33.3 Å². The number of nitrogens with one attached hydrogen (secondary N) is 3. The SMILES string of the molecule is Cc1[nH]c2ccccc2c1C(=O)Nc1ccc(-c2nc3ccccc3[nH]2)cc1. The van der Waals surface area contributed by atoms with Gasteiger partial charge in [-0.3, -0.25) is 4.79 Å². The van der Waals surface area contributed by atoms with E-state index in [2.05, 4.69) is 20.3 Å². The Morgan fingerprint density at radius 1 is 0.857 bits per heavy atom. The molecule has 0 fully saturated rings. The van der Waals surface area contributed by atoms with Gasteiger partial charge >= 0.3 is 0 Å². The van der Waals surface area contributed by atoms with Crippen LogP contribution in [0.2, 0.25) is 0 Å². The van der Waals surface area contributed by atoms with Crippen molar-refractivity contribution < 1.29 is 4.79 Å². The van der Waals surface area contributed by atoms with Gasteiger partial charge in [-0.15, -0.1) is 0 Å². The number of anilines is 1. The van der Waals surface area contributed by atoms with Crippen molar-refractivity contribution in [1.29, 1.82) is 0 Å². The Bertz CT molecular complexity index is 1280. The number of benzene rings is 3. The molecule has 5 nitrogen and oxygen atoms in total. The molecule has 5 aromatic rings. The molecule has 3 aromatic carbocycles. The topological polar surface area (TPSA) is 73.6 Å². The van der Waals surface area contributed by atoms with Gasteiger partial charge in [-0.05, 0) is 49.4 Å². The van der Waals surface area contributed by atoms with E-state index in [-0.39, 0.29) is 5.91 Å². The van der Waals surface area contributed by atoms with Gasteiger partial charge in [0.1, 0.15) is 5.82 Å². The van der Waals surface area contributed by atoms with Crippen LogP contribution in [0.3, 0.4) is 0 Å². The second kappa shape index (κ2) is 6.39. The number of fused-ring (bicyclic) bond motifs is 2. The van der Waals surface area contributed by atoms with Crippen molar-refractivity contribution in [2.75, 3.05) is 5.32 Å². The highest BCUT2D eigenvalue weighted by molar-refractivity contribution is 6.13. The minimum atomic E-state index is -0.119. The van der Waals surface area contributed by atoms with Crippen LogP contribution in [-0.2, 0) is 0 Å². The smallest absolute Gasteiger partial charge is 0.258 e. The summed E-state index contributed by atoms with van der Waals surface area (Å²) in [5.41, 5.74) is 6.15. The number of aromatic amines is 2. The number of rotatable bonds is 3. The average Bonchev–Trinajstić information content (AvgIpc) is 3.28. The number of aryl methyl sites for hydroxylation is 1. The van der Waals surface area contributed by atoms with Gasteiger partial charge in [0, 0.05) is 27.8 Å². The number of carbonyl (C=O) groups excluding carboxylic acids is 1. The zero-order chi connectivity index (χ0) is 19.1. The maximum atomic E-state index is 12.8. The number of carbonyl (C=O) groups is 1. The van der Waals surface area contributed by atoms with Crippen molar-refractivity contribution in [3.05, 3.63) is 84.1 Å². The number of imidazole rings is 1. The summed E-state index contributed by atoms with van der Waals surface area (Å²) in [4.78, 5) is 24.0. The van der Waals surface area contributed by atoms with E-state index in [1.807, 2.05) is 79.7 Å². The first kappa shape index (κ1) is 16.3. The summed E-state index contributed by atoms with van der Waals surface area (Å²) in [5.74, 6) is 0.693. The lowest BCUT2D eigenvalue weighted by Gasteiger charge is -2.06. The Morgan fingerprint density at radius 2 is 1.57 bits per heavy atom. The van der Waals surface area contributed by atoms with Crippen molar-refractivity contribution in [1.82, 2.24) is 15.0 Å². The summed E-state index contributed by atoms with van der Waals surface area (Å²) in [7, 11) is 0. The van der Waals surface area contributed by atoms with Gasteiger partial charge in [0.2, 0.25) is 0 Å². The van der Waals surface area contributed by atoms with Gasteiger partial charge in [-0.25, -0.2) is 4.98 Å². The molecule has 0 unspecified atom stereocenters. The van der Waals surface area contributed by atoms with Crippen LogP contribution in [-0.4, -0.2) is 20.9 Å². The fraction of sp³-hybridized carbons (Fsp3) is 0.0435. The lowest BCUT2D eigenvalue weighted by atomic mass is 10.1.